The smallest absolute Gasteiger partial charge is 0.129 e. The van der Waals surface area contributed by atoms with Crippen molar-refractivity contribution in [2.24, 2.45) is 0 Å². The Labute approximate surface area is 134 Å². The van der Waals surface area contributed by atoms with Crippen LogP contribution in [0.4, 0.5) is 5.82 Å². The number of anilines is 1. The Hall–Kier alpha value is -1.77. The minimum absolute atomic E-state index is 1.02. The first kappa shape index (κ1) is 16.6. The predicted octanol–water partition coefficient (Wildman–Crippen LogP) is 5.42. The molecule has 0 fully saturated rings. The summed E-state index contributed by atoms with van der Waals surface area (Å²) in [6, 6.07) is 12.3. The normalized spacial score (nSPS) is 10.8. The Kier molecular flexibility index (Phi) is 7.57. The van der Waals surface area contributed by atoms with E-state index in [0.29, 0.717) is 0 Å². The van der Waals surface area contributed by atoms with Crippen molar-refractivity contribution >= 4 is 5.82 Å². The minimum atomic E-state index is 1.02. The van der Waals surface area contributed by atoms with Crippen molar-refractivity contribution < 1.29 is 0 Å². The third-order valence-corrected chi connectivity index (χ3v) is 3.98. The van der Waals surface area contributed by atoms with Crippen LogP contribution in [0.1, 0.15) is 58.3 Å². The number of unbranched alkanes of at least 4 members (excludes halogenated alkanes) is 7. The lowest BCUT2D eigenvalue weighted by Crippen LogP contribution is -2.07. The Morgan fingerprint density at radius 3 is 2.27 bits per heavy atom. The Bertz CT molecular complexity index is 504. The molecular formula is C19H29N3. The lowest BCUT2D eigenvalue weighted by molar-refractivity contribution is 0.580. The summed E-state index contributed by atoms with van der Waals surface area (Å²) in [4.78, 5) is 0. The van der Waals surface area contributed by atoms with Gasteiger partial charge in [-0.05, 0) is 18.6 Å². The minimum Gasteiger partial charge on any atom is -0.370 e. The molecule has 0 amide bonds. The van der Waals surface area contributed by atoms with Crippen LogP contribution in [0.3, 0.4) is 0 Å². The Balaban J connectivity index is 1.63. The van der Waals surface area contributed by atoms with Crippen molar-refractivity contribution in [3.8, 4) is 5.69 Å². The average molecular weight is 299 g/mol. The average Bonchev–Trinajstić information content (AvgIpc) is 3.02. The maximum atomic E-state index is 4.40. The van der Waals surface area contributed by atoms with Gasteiger partial charge < -0.3 is 5.32 Å². The Morgan fingerprint density at radius 2 is 1.55 bits per heavy atom. The van der Waals surface area contributed by atoms with Gasteiger partial charge in [0.25, 0.3) is 0 Å². The molecule has 1 heterocycles. The summed E-state index contributed by atoms with van der Waals surface area (Å²) in [5.74, 6) is 1.08. The highest BCUT2D eigenvalue weighted by molar-refractivity contribution is 5.44. The highest BCUT2D eigenvalue weighted by Gasteiger charge is 2.03. The number of hydrogen-bond acceptors (Lipinski definition) is 2. The van der Waals surface area contributed by atoms with E-state index in [-0.39, 0.29) is 0 Å². The van der Waals surface area contributed by atoms with Crippen LogP contribution < -0.4 is 5.32 Å². The van der Waals surface area contributed by atoms with Crippen molar-refractivity contribution in [1.29, 1.82) is 0 Å². The fraction of sp³-hybridized carbons (Fsp3) is 0.526. The van der Waals surface area contributed by atoms with Crippen LogP contribution in [0.5, 0.6) is 0 Å². The lowest BCUT2D eigenvalue weighted by atomic mass is 10.1. The van der Waals surface area contributed by atoms with E-state index in [1.54, 1.807) is 0 Å². The molecule has 2 aromatic rings. The van der Waals surface area contributed by atoms with Crippen molar-refractivity contribution in [2.45, 2.75) is 58.3 Å². The van der Waals surface area contributed by atoms with Crippen LogP contribution in [0.25, 0.3) is 5.69 Å². The van der Waals surface area contributed by atoms with E-state index >= 15 is 0 Å². The molecule has 120 valence electrons. The molecule has 0 bridgehead atoms. The van der Waals surface area contributed by atoms with Gasteiger partial charge in [-0.25, -0.2) is 4.68 Å². The molecule has 0 unspecified atom stereocenters. The first-order valence-electron chi connectivity index (χ1n) is 8.75. The molecule has 2 rings (SSSR count). The number of hydrogen-bond donors (Lipinski definition) is 1. The van der Waals surface area contributed by atoms with E-state index in [4.69, 9.17) is 0 Å². The van der Waals surface area contributed by atoms with Crippen molar-refractivity contribution in [3.05, 3.63) is 42.6 Å². The number of nitrogens with zero attached hydrogens (tertiary/aromatic N) is 2. The number of rotatable bonds is 11. The van der Waals surface area contributed by atoms with Crippen LogP contribution in [-0.4, -0.2) is 16.3 Å². The quantitative estimate of drug-likeness (QED) is 0.561. The van der Waals surface area contributed by atoms with Gasteiger partial charge in [-0.2, -0.15) is 5.10 Å². The third kappa shape index (κ3) is 5.55. The van der Waals surface area contributed by atoms with E-state index in [0.717, 1.165) is 18.1 Å². The van der Waals surface area contributed by atoms with Gasteiger partial charge in [-0.1, -0.05) is 70.1 Å². The molecule has 0 radical (unpaired) electrons. The molecule has 0 saturated carbocycles. The zero-order valence-corrected chi connectivity index (χ0v) is 13.8. The number of nitrogens with one attached hydrogen (secondary N) is 1. The first-order chi connectivity index (χ1) is 10.9. The van der Waals surface area contributed by atoms with E-state index in [2.05, 4.69) is 29.5 Å². The zero-order valence-electron chi connectivity index (χ0n) is 13.8. The SMILES string of the molecule is CCCCCCCCCCNc1ccnn1-c1ccccc1. The summed E-state index contributed by atoms with van der Waals surface area (Å²) in [6.07, 6.45) is 12.7. The lowest BCUT2D eigenvalue weighted by Gasteiger charge is -2.09. The molecule has 22 heavy (non-hydrogen) atoms. The zero-order chi connectivity index (χ0) is 15.5. The fourth-order valence-corrected chi connectivity index (χ4v) is 2.69. The molecule has 0 aliphatic rings. The molecule has 3 nitrogen and oxygen atoms in total. The van der Waals surface area contributed by atoms with Gasteiger partial charge in [0.2, 0.25) is 0 Å². The molecule has 1 aromatic heterocycles. The number of aromatic nitrogens is 2. The summed E-state index contributed by atoms with van der Waals surface area (Å²) >= 11 is 0. The second-order valence-corrected chi connectivity index (χ2v) is 5.87. The van der Waals surface area contributed by atoms with Gasteiger partial charge in [0.05, 0.1) is 11.9 Å². The monoisotopic (exact) mass is 299 g/mol. The van der Waals surface area contributed by atoms with E-state index < -0.39 is 0 Å². The molecule has 0 atom stereocenters. The van der Waals surface area contributed by atoms with Crippen LogP contribution in [-0.2, 0) is 0 Å². The highest BCUT2D eigenvalue weighted by Crippen LogP contribution is 2.14. The molecule has 0 aliphatic carbocycles. The van der Waals surface area contributed by atoms with Crippen molar-refractivity contribution in [3.63, 3.8) is 0 Å². The number of para-hydroxylation sites is 1. The van der Waals surface area contributed by atoms with Crippen LogP contribution >= 0.6 is 0 Å². The van der Waals surface area contributed by atoms with E-state index in [1.165, 1.54) is 51.4 Å². The van der Waals surface area contributed by atoms with Crippen LogP contribution in [0, 0.1) is 0 Å². The number of benzene rings is 1. The summed E-state index contributed by atoms with van der Waals surface area (Å²) < 4.78 is 1.96. The van der Waals surface area contributed by atoms with Gasteiger partial charge >= 0.3 is 0 Å². The molecule has 0 aliphatic heterocycles. The van der Waals surface area contributed by atoms with Crippen LogP contribution in [0.15, 0.2) is 42.6 Å². The molecule has 1 N–H and O–H groups in total. The maximum absolute atomic E-state index is 4.40. The summed E-state index contributed by atoms with van der Waals surface area (Å²) in [5.41, 5.74) is 1.10. The summed E-state index contributed by atoms with van der Waals surface area (Å²) in [7, 11) is 0. The molecule has 1 aromatic carbocycles. The van der Waals surface area contributed by atoms with Gasteiger partial charge in [0.15, 0.2) is 0 Å². The van der Waals surface area contributed by atoms with E-state index in [9.17, 15) is 0 Å². The fourth-order valence-electron chi connectivity index (χ4n) is 2.69. The third-order valence-electron chi connectivity index (χ3n) is 3.98. The largest absolute Gasteiger partial charge is 0.370 e. The Morgan fingerprint density at radius 1 is 0.864 bits per heavy atom. The van der Waals surface area contributed by atoms with Gasteiger partial charge in [-0.3, -0.25) is 0 Å². The van der Waals surface area contributed by atoms with Gasteiger partial charge in [-0.15, -0.1) is 0 Å². The topological polar surface area (TPSA) is 29.9 Å². The molecular weight excluding hydrogens is 270 g/mol. The second kappa shape index (κ2) is 10.0. The van der Waals surface area contributed by atoms with Crippen molar-refractivity contribution in [1.82, 2.24) is 9.78 Å². The maximum Gasteiger partial charge on any atom is 0.129 e. The highest BCUT2D eigenvalue weighted by atomic mass is 15.3. The van der Waals surface area contributed by atoms with E-state index in [1.807, 2.05) is 35.1 Å². The summed E-state index contributed by atoms with van der Waals surface area (Å²) in [5, 5.41) is 7.90. The molecule has 0 spiro atoms. The van der Waals surface area contributed by atoms with Gasteiger partial charge in [0, 0.05) is 12.6 Å². The second-order valence-electron chi connectivity index (χ2n) is 5.87. The van der Waals surface area contributed by atoms with Crippen LogP contribution in [0.2, 0.25) is 0 Å². The standard InChI is InChI=1S/C19H29N3/c1-2-3-4-5-6-7-8-12-16-20-19-15-17-21-22(19)18-13-10-9-11-14-18/h9-11,13-15,17,20H,2-8,12,16H2,1H3. The molecule has 0 saturated heterocycles. The first-order valence-corrected chi connectivity index (χ1v) is 8.75. The predicted molar refractivity (Wildman–Crippen MR) is 94.7 cm³/mol. The summed E-state index contributed by atoms with van der Waals surface area (Å²) in [6.45, 7) is 3.29. The molecule has 3 heteroatoms. The van der Waals surface area contributed by atoms with Gasteiger partial charge in [0.1, 0.15) is 5.82 Å². The van der Waals surface area contributed by atoms with Crippen molar-refractivity contribution in [2.75, 3.05) is 11.9 Å².